The quantitative estimate of drug-likeness (QED) is 0.472. The topological polar surface area (TPSA) is 86.4 Å². The van der Waals surface area contributed by atoms with Crippen molar-refractivity contribution in [3.8, 4) is 23.0 Å². The first-order valence-corrected chi connectivity index (χ1v) is 12.0. The maximum absolute atomic E-state index is 9.49. The second-order valence-corrected chi connectivity index (χ2v) is 8.88. The van der Waals surface area contributed by atoms with Crippen molar-refractivity contribution in [3.05, 3.63) is 47.5 Å². The van der Waals surface area contributed by atoms with Crippen LogP contribution in [0.25, 0.3) is 0 Å². The van der Waals surface area contributed by atoms with Crippen LogP contribution in [-0.2, 0) is 6.42 Å². The molecule has 7 nitrogen and oxygen atoms in total. The number of hydrogen-bond donors (Lipinski definition) is 2. The highest BCUT2D eigenvalue weighted by Gasteiger charge is 2.39. The Morgan fingerprint density at radius 3 is 2.55 bits per heavy atom. The minimum atomic E-state index is -0.622. The zero-order valence-corrected chi connectivity index (χ0v) is 19.7. The van der Waals surface area contributed by atoms with Crippen LogP contribution in [0.4, 0.5) is 0 Å². The van der Waals surface area contributed by atoms with Gasteiger partial charge in [-0.25, -0.2) is 0 Å². The predicted molar refractivity (Wildman–Crippen MR) is 127 cm³/mol. The summed E-state index contributed by atoms with van der Waals surface area (Å²) < 4.78 is 24.1. The SMILES string of the molecule is CCC1(CCN)Oc2ccc(CCCCN(CCO)CC3Oc4ccc(C)cc4O3)cc2O1. The van der Waals surface area contributed by atoms with Crippen LogP contribution in [0.2, 0.25) is 0 Å². The van der Waals surface area contributed by atoms with Crippen LogP contribution in [0.15, 0.2) is 36.4 Å². The maximum Gasteiger partial charge on any atom is 0.254 e. The van der Waals surface area contributed by atoms with Gasteiger partial charge >= 0.3 is 0 Å². The van der Waals surface area contributed by atoms with Crippen molar-refractivity contribution >= 4 is 0 Å². The summed E-state index contributed by atoms with van der Waals surface area (Å²) >= 11 is 0. The summed E-state index contributed by atoms with van der Waals surface area (Å²) in [6, 6.07) is 12.2. The fourth-order valence-electron chi connectivity index (χ4n) is 4.43. The van der Waals surface area contributed by atoms with Crippen molar-refractivity contribution in [1.29, 1.82) is 0 Å². The highest BCUT2D eigenvalue weighted by atomic mass is 16.7. The molecule has 0 fully saturated rings. The number of unbranched alkanes of at least 4 members (excludes halogenated alkanes) is 1. The molecule has 0 spiro atoms. The molecule has 0 aliphatic carbocycles. The molecular formula is C26H36N2O5. The van der Waals surface area contributed by atoms with Gasteiger partial charge in [-0.05, 0) is 74.7 Å². The van der Waals surface area contributed by atoms with Crippen molar-refractivity contribution in [2.45, 2.75) is 58.0 Å². The van der Waals surface area contributed by atoms with E-state index in [0.29, 0.717) is 26.1 Å². The van der Waals surface area contributed by atoms with E-state index in [1.54, 1.807) is 0 Å². The Kier molecular flexibility index (Phi) is 7.63. The molecule has 2 heterocycles. The van der Waals surface area contributed by atoms with Crippen molar-refractivity contribution < 1.29 is 24.1 Å². The van der Waals surface area contributed by atoms with Gasteiger partial charge in [0.1, 0.15) is 0 Å². The van der Waals surface area contributed by atoms with Crippen LogP contribution in [0.1, 0.15) is 43.7 Å². The molecule has 4 rings (SSSR count). The smallest absolute Gasteiger partial charge is 0.254 e. The molecule has 2 aromatic carbocycles. The number of aliphatic hydroxyl groups is 1. The van der Waals surface area contributed by atoms with E-state index in [4.69, 9.17) is 24.7 Å². The lowest BCUT2D eigenvalue weighted by Gasteiger charge is -2.25. The van der Waals surface area contributed by atoms with E-state index in [1.807, 2.05) is 31.2 Å². The highest BCUT2D eigenvalue weighted by Crippen LogP contribution is 2.42. The molecule has 7 heteroatoms. The Bertz CT molecular complexity index is 937. The van der Waals surface area contributed by atoms with E-state index < -0.39 is 5.79 Å². The molecule has 2 aliphatic rings. The lowest BCUT2D eigenvalue weighted by molar-refractivity contribution is -0.0860. The van der Waals surface area contributed by atoms with Crippen LogP contribution in [0.3, 0.4) is 0 Å². The van der Waals surface area contributed by atoms with Gasteiger partial charge in [0.05, 0.1) is 13.2 Å². The summed E-state index contributed by atoms with van der Waals surface area (Å²) in [4.78, 5) is 2.20. The Morgan fingerprint density at radius 1 is 0.970 bits per heavy atom. The van der Waals surface area contributed by atoms with Crippen LogP contribution < -0.4 is 24.7 Å². The lowest BCUT2D eigenvalue weighted by atomic mass is 10.1. The third kappa shape index (κ3) is 5.72. The van der Waals surface area contributed by atoms with E-state index in [1.165, 1.54) is 5.56 Å². The number of ether oxygens (including phenoxy) is 4. The molecule has 0 radical (unpaired) electrons. The molecule has 0 aromatic heterocycles. The maximum atomic E-state index is 9.49. The lowest BCUT2D eigenvalue weighted by Crippen LogP contribution is -2.39. The van der Waals surface area contributed by atoms with Gasteiger partial charge in [-0.15, -0.1) is 0 Å². The molecule has 2 unspecified atom stereocenters. The number of hydrogen-bond acceptors (Lipinski definition) is 7. The fourth-order valence-corrected chi connectivity index (χ4v) is 4.43. The molecule has 33 heavy (non-hydrogen) atoms. The van der Waals surface area contributed by atoms with Crippen LogP contribution in [0, 0.1) is 6.92 Å². The van der Waals surface area contributed by atoms with Crippen molar-refractivity contribution in [2.24, 2.45) is 5.73 Å². The molecule has 0 saturated carbocycles. The summed E-state index contributed by atoms with van der Waals surface area (Å²) in [5.74, 6) is 2.58. The molecule has 0 saturated heterocycles. The highest BCUT2D eigenvalue weighted by molar-refractivity contribution is 5.46. The minimum Gasteiger partial charge on any atom is -0.450 e. The molecule has 2 atom stereocenters. The largest absolute Gasteiger partial charge is 0.450 e. The molecule has 0 bridgehead atoms. The Hall–Kier alpha value is -2.48. The van der Waals surface area contributed by atoms with Gasteiger partial charge in [0, 0.05) is 19.4 Å². The van der Waals surface area contributed by atoms with E-state index in [0.717, 1.165) is 60.8 Å². The first-order chi connectivity index (χ1) is 16.0. The number of benzene rings is 2. The number of nitrogens with two attached hydrogens (primary N) is 1. The summed E-state index contributed by atoms with van der Waals surface area (Å²) in [6.45, 7) is 6.84. The van der Waals surface area contributed by atoms with E-state index in [9.17, 15) is 5.11 Å². The van der Waals surface area contributed by atoms with Crippen molar-refractivity contribution in [1.82, 2.24) is 4.90 Å². The second kappa shape index (κ2) is 10.6. The van der Waals surface area contributed by atoms with Gasteiger partial charge in [-0.1, -0.05) is 19.1 Å². The van der Waals surface area contributed by atoms with Crippen molar-refractivity contribution in [2.75, 3.05) is 32.8 Å². The average Bonchev–Trinajstić information content (AvgIpc) is 3.37. The monoisotopic (exact) mass is 456 g/mol. The zero-order chi connectivity index (χ0) is 23.3. The van der Waals surface area contributed by atoms with Gasteiger partial charge in [0.2, 0.25) is 0 Å². The summed E-state index contributed by atoms with van der Waals surface area (Å²) in [7, 11) is 0. The van der Waals surface area contributed by atoms with Gasteiger partial charge in [-0.3, -0.25) is 4.90 Å². The van der Waals surface area contributed by atoms with Crippen LogP contribution in [0.5, 0.6) is 23.0 Å². The summed E-state index contributed by atoms with van der Waals surface area (Å²) in [5.41, 5.74) is 8.13. The summed E-state index contributed by atoms with van der Waals surface area (Å²) in [6.07, 6.45) is 4.10. The molecular weight excluding hydrogens is 420 g/mol. The van der Waals surface area contributed by atoms with Crippen LogP contribution >= 0.6 is 0 Å². The number of rotatable bonds is 12. The second-order valence-electron chi connectivity index (χ2n) is 8.88. The van der Waals surface area contributed by atoms with Gasteiger partial charge in [0.25, 0.3) is 12.1 Å². The average molecular weight is 457 g/mol. The van der Waals surface area contributed by atoms with E-state index >= 15 is 0 Å². The van der Waals surface area contributed by atoms with Gasteiger partial charge in [0.15, 0.2) is 23.0 Å². The predicted octanol–water partition coefficient (Wildman–Crippen LogP) is 3.64. The Balaban J connectivity index is 1.24. The minimum absolute atomic E-state index is 0.114. The third-order valence-corrected chi connectivity index (χ3v) is 6.29. The molecule has 180 valence electrons. The van der Waals surface area contributed by atoms with Crippen molar-refractivity contribution in [3.63, 3.8) is 0 Å². The van der Waals surface area contributed by atoms with Gasteiger partial charge in [-0.2, -0.15) is 0 Å². The molecule has 0 amide bonds. The fraction of sp³-hybridized carbons (Fsp3) is 0.538. The Labute approximate surface area is 196 Å². The Morgan fingerprint density at radius 2 is 1.76 bits per heavy atom. The molecule has 3 N–H and O–H groups in total. The normalized spacial score (nSPS) is 20.6. The standard InChI is InChI=1S/C26H36N2O5/c1-3-26(11-12-27)32-22-10-8-20(17-24(22)33-26)6-4-5-13-28(14-15-29)18-25-30-21-9-7-19(2)16-23(21)31-25/h7-10,16-17,25,29H,3-6,11-15,18,27H2,1-2H3. The van der Waals surface area contributed by atoms with Crippen LogP contribution in [-0.4, -0.2) is 54.9 Å². The first-order valence-electron chi connectivity index (χ1n) is 12.0. The van der Waals surface area contributed by atoms with Gasteiger partial charge < -0.3 is 29.8 Å². The number of aliphatic hydroxyl groups excluding tert-OH is 1. The number of fused-ring (bicyclic) bond motifs is 2. The summed E-state index contributed by atoms with van der Waals surface area (Å²) in [5, 5.41) is 9.49. The number of aryl methyl sites for hydroxylation is 2. The van der Waals surface area contributed by atoms with E-state index in [-0.39, 0.29) is 12.9 Å². The zero-order valence-electron chi connectivity index (χ0n) is 19.7. The molecule has 2 aromatic rings. The molecule has 2 aliphatic heterocycles. The third-order valence-electron chi connectivity index (χ3n) is 6.29. The number of nitrogens with zero attached hydrogens (tertiary/aromatic N) is 1. The van der Waals surface area contributed by atoms with E-state index in [2.05, 4.69) is 24.0 Å². The first kappa shape index (κ1) is 23.7.